The number of hydrogen-bond acceptors (Lipinski definition) is 7. The van der Waals surface area contributed by atoms with Crippen LogP contribution in [-0.4, -0.2) is 50.3 Å². The molecule has 2 aromatic rings. The van der Waals surface area contributed by atoms with Crippen LogP contribution in [0.3, 0.4) is 0 Å². The standard InChI is InChI=1S/C17H23N4O4P/c22-17-15-12(10-18-20-17)9-14(25-13-1-2-13)19-16(15)21-6-3-11(4-7-21)5-8-26(23)24/h9-11,13,23-24H,1-8H2,(H,20,22). The van der Waals surface area contributed by atoms with Gasteiger partial charge in [-0.25, -0.2) is 5.10 Å². The van der Waals surface area contributed by atoms with Crippen molar-refractivity contribution >= 4 is 25.0 Å². The van der Waals surface area contributed by atoms with Crippen LogP contribution in [0.15, 0.2) is 17.1 Å². The number of aromatic nitrogens is 3. The van der Waals surface area contributed by atoms with Crippen LogP contribution in [0.25, 0.3) is 10.8 Å². The molecule has 0 aromatic carbocycles. The van der Waals surface area contributed by atoms with E-state index >= 15 is 0 Å². The Kier molecular flexibility index (Phi) is 5.07. The summed E-state index contributed by atoms with van der Waals surface area (Å²) < 4.78 is 5.86. The number of rotatable bonds is 6. The molecule has 1 saturated heterocycles. The zero-order valence-electron chi connectivity index (χ0n) is 14.5. The number of piperidine rings is 1. The fourth-order valence-electron chi connectivity index (χ4n) is 3.45. The Morgan fingerprint density at radius 3 is 2.73 bits per heavy atom. The van der Waals surface area contributed by atoms with Gasteiger partial charge >= 0.3 is 0 Å². The van der Waals surface area contributed by atoms with Gasteiger partial charge < -0.3 is 19.4 Å². The molecular weight excluding hydrogens is 355 g/mol. The highest BCUT2D eigenvalue weighted by molar-refractivity contribution is 7.45. The third-order valence-corrected chi connectivity index (χ3v) is 5.73. The molecule has 0 spiro atoms. The maximum atomic E-state index is 12.4. The van der Waals surface area contributed by atoms with Gasteiger partial charge in [-0.1, -0.05) is 0 Å². The van der Waals surface area contributed by atoms with Crippen LogP contribution in [0.5, 0.6) is 5.88 Å². The van der Waals surface area contributed by atoms with Crippen LogP contribution >= 0.6 is 8.38 Å². The van der Waals surface area contributed by atoms with E-state index in [0.29, 0.717) is 29.2 Å². The lowest BCUT2D eigenvalue weighted by Gasteiger charge is -2.33. The van der Waals surface area contributed by atoms with Crippen molar-refractivity contribution in [3.63, 3.8) is 0 Å². The van der Waals surface area contributed by atoms with Gasteiger partial charge in [-0.05, 0) is 38.0 Å². The first-order valence-electron chi connectivity index (χ1n) is 9.05. The molecule has 3 N–H and O–H groups in total. The van der Waals surface area contributed by atoms with Crippen molar-refractivity contribution in [3.05, 3.63) is 22.6 Å². The summed E-state index contributed by atoms with van der Waals surface area (Å²) in [7, 11) is -1.81. The maximum Gasteiger partial charge on any atom is 0.275 e. The first-order valence-corrected chi connectivity index (χ1v) is 10.5. The molecule has 0 amide bonds. The number of H-pyrrole nitrogens is 1. The molecule has 8 nitrogen and oxygen atoms in total. The third kappa shape index (κ3) is 3.98. The average Bonchev–Trinajstić information content (AvgIpc) is 3.44. The first-order chi connectivity index (χ1) is 12.6. The second-order valence-electron chi connectivity index (χ2n) is 7.08. The Labute approximate surface area is 152 Å². The molecule has 1 aliphatic carbocycles. The van der Waals surface area contributed by atoms with E-state index < -0.39 is 8.38 Å². The Hall–Kier alpha value is -1.76. The monoisotopic (exact) mass is 378 g/mol. The number of ether oxygens (including phenoxy) is 1. The summed E-state index contributed by atoms with van der Waals surface area (Å²) >= 11 is 0. The zero-order chi connectivity index (χ0) is 18.1. The molecule has 0 unspecified atom stereocenters. The minimum absolute atomic E-state index is 0.236. The summed E-state index contributed by atoms with van der Waals surface area (Å²) in [5.74, 6) is 1.69. The highest BCUT2D eigenvalue weighted by Gasteiger charge is 2.27. The molecule has 2 fully saturated rings. The lowest BCUT2D eigenvalue weighted by atomic mass is 9.94. The second kappa shape index (κ2) is 7.47. The molecule has 9 heteroatoms. The van der Waals surface area contributed by atoms with E-state index in [1.807, 2.05) is 0 Å². The number of anilines is 1. The molecule has 0 atom stereocenters. The van der Waals surface area contributed by atoms with Gasteiger partial charge in [0.05, 0.1) is 11.6 Å². The van der Waals surface area contributed by atoms with E-state index in [2.05, 4.69) is 20.1 Å². The quantitative estimate of drug-likeness (QED) is 0.657. The van der Waals surface area contributed by atoms with Crippen LogP contribution in [0.1, 0.15) is 32.1 Å². The summed E-state index contributed by atoms with van der Waals surface area (Å²) in [6.07, 6.45) is 7.16. The molecule has 0 bridgehead atoms. The van der Waals surface area contributed by atoms with Gasteiger partial charge in [-0.3, -0.25) is 4.79 Å². The number of hydrogen-bond donors (Lipinski definition) is 3. The van der Waals surface area contributed by atoms with Gasteiger partial charge in [0, 0.05) is 30.7 Å². The van der Waals surface area contributed by atoms with E-state index in [9.17, 15) is 4.79 Å². The largest absolute Gasteiger partial charge is 0.474 e. The Morgan fingerprint density at radius 1 is 1.27 bits per heavy atom. The Morgan fingerprint density at radius 2 is 2.04 bits per heavy atom. The van der Waals surface area contributed by atoms with Gasteiger partial charge in [0.2, 0.25) is 5.88 Å². The highest BCUT2D eigenvalue weighted by atomic mass is 31.2. The van der Waals surface area contributed by atoms with Gasteiger partial charge in [-0.2, -0.15) is 10.1 Å². The van der Waals surface area contributed by atoms with Crippen molar-refractivity contribution in [2.45, 2.75) is 38.2 Å². The molecular formula is C17H23N4O4P. The molecule has 1 aliphatic heterocycles. The van der Waals surface area contributed by atoms with Gasteiger partial charge in [0.1, 0.15) is 11.9 Å². The molecule has 1 saturated carbocycles. The molecule has 0 radical (unpaired) electrons. The fourth-order valence-corrected chi connectivity index (χ4v) is 4.05. The summed E-state index contributed by atoms with van der Waals surface area (Å²) in [5.41, 5.74) is -0.240. The zero-order valence-corrected chi connectivity index (χ0v) is 15.4. The number of pyridine rings is 1. The number of nitrogens with one attached hydrogen (secondary N) is 1. The smallest absolute Gasteiger partial charge is 0.275 e. The predicted molar refractivity (Wildman–Crippen MR) is 99.6 cm³/mol. The lowest BCUT2D eigenvalue weighted by molar-refractivity contribution is 0.291. The van der Waals surface area contributed by atoms with Crippen LogP contribution in [0.2, 0.25) is 0 Å². The van der Waals surface area contributed by atoms with Crippen molar-refractivity contribution in [2.24, 2.45) is 5.92 Å². The van der Waals surface area contributed by atoms with Gasteiger partial charge in [0.25, 0.3) is 5.56 Å². The number of nitrogens with zero attached hydrogens (tertiary/aromatic N) is 3. The van der Waals surface area contributed by atoms with E-state index in [1.165, 1.54) is 0 Å². The summed E-state index contributed by atoms with van der Waals surface area (Å²) in [6, 6.07) is 1.79. The van der Waals surface area contributed by atoms with E-state index in [4.69, 9.17) is 14.5 Å². The average molecular weight is 378 g/mol. The van der Waals surface area contributed by atoms with Crippen molar-refractivity contribution in [3.8, 4) is 5.88 Å². The van der Waals surface area contributed by atoms with Gasteiger partial charge in [0.15, 0.2) is 8.38 Å². The highest BCUT2D eigenvalue weighted by Crippen LogP contribution is 2.34. The summed E-state index contributed by atoms with van der Waals surface area (Å²) in [5, 5.41) is 7.69. The molecule has 26 heavy (non-hydrogen) atoms. The lowest BCUT2D eigenvalue weighted by Crippen LogP contribution is -2.35. The Balaban J connectivity index is 1.58. The molecule has 3 heterocycles. The minimum atomic E-state index is -1.81. The van der Waals surface area contributed by atoms with Crippen molar-refractivity contribution in [1.29, 1.82) is 0 Å². The van der Waals surface area contributed by atoms with E-state index in [1.54, 1.807) is 12.3 Å². The van der Waals surface area contributed by atoms with E-state index in [-0.39, 0.29) is 11.7 Å². The van der Waals surface area contributed by atoms with Gasteiger partial charge in [-0.15, -0.1) is 0 Å². The van der Waals surface area contributed by atoms with Crippen molar-refractivity contribution in [2.75, 3.05) is 24.2 Å². The van der Waals surface area contributed by atoms with Crippen molar-refractivity contribution < 1.29 is 14.5 Å². The fraction of sp³-hybridized carbons (Fsp3) is 0.588. The topological polar surface area (TPSA) is 112 Å². The number of aromatic amines is 1. The van der Waals surface area contributed by atoms with Crippen LogP contribution in [0, 0.1) is 5.92 Å². The molecule has 2 aromatic heterocycles. The second-order valence-corrected chi connectivity index (χ2v) is 8.27. The summed E-state index contributed by atoms with van der Waals surface area (Å²) in [4.78, 5) is 37.4. The molecule has 140 valence electrons. The van der Waals surface area contributed by atoms with Crippen LogP contribution in [0.4, 0.5) is 5.82 Å². The SMILES string of the molecule is O=c1[nH]ncc2cc(OC3CC3)nc(N3CCC(CCP(O)O)CC3)c12. The van der Waals surface area contributed by atoms with Crippen LogP contribution < -0.4 is 15.2 Å². The Bertz CT molecular complexity index is 831. The van der Waals surface area contributed by atoms with E-state index in [0.717, 1.165) is 50.6 Å². The summed E-state index contributed by atoms with van der Waals surface area (Å²) in [6.45, 7) is 1.58. The van der Waals surface area contributed by atoms with Crippen LogP contribution in [-0.2, 0) is 0 Å². The third-order valence-electron chi connectivity index (χ3n) is 5.07. The molecule has 4 rings (SSSR count). The van der Waals surface area contributed by atoms with Crippen molar-refractivity contribution in [1.82, 2.24) is 15.2 Å². The maximum absolute atomic E-state index is 12.4. The number of fused-ring (bicyclic) bond motifs is 1. The normalized spacial score (nSPS) is 18.7. The first kappa shape index (κ1) is 17.6. The minimum Gasteiger partial charge on any atom is -0.474 e. The molecule has 2 aliphatic rings. The predicted octanol–water partition coefficient (Wildman–Crippen LogP) is 1.76.